The quantitative estimate of drug-likeness (QED) is 0.849. The van der Waals surface area contributed by atoms with E-state index in [9.17, 15) is 18.3 Å². The lowest BCUT2D eigenvalue weighted by atomic mass is 10.1. The molecule has 0 unspecified atom stereocenters. The molecule has 6 heteroatoms. The Morgan fingerprint density at radius 3 is 2.75 bits per heavy atom. The Kier molecular flexibility index (Phi) is 4.45. The van der Waals surface area contributed by atoms with Gasteiger partial charge in [-0.05, 0) is 38.1 Å². The Morgan fingerprint density at radius 2 is 2.05 bits per heavy atom. The second-order valence-corrected chi connectivity index (χ2v) is 7.48. The highest BCUT2D eigenvalue weighted by atomic mass is 32.2. The summed E-state index contributed by atoms with van der Waals surface area (Å²) in [5, 5.41) is 9.86. The van der Waals surface area contributed by atoms with Gasteiger partial charge in [-0.2, -0.15) is 0 Å². The van der Waals surface area contributed by atoms with Crippen LogP contribution in [0.25, 0.3) is 0 Å². The number of carbonyl (C=O) groups is 1. The maximum atomic E-state index is 11.6. The number of Topliss-reactive ketones (excluding diaryl/α,β-unsaturated/α-hetero) is 1. The number of phenols is 1. The monoisotopic (exact) mass is 297 g/mol. The number of rotatable bonds is 3. The molecule has 0 atom stereocenters. The average Bonchev–Trinajstić information content (AvgIpc) is 2.53. The van der Waals surface area contributed by atoms with E-state index in [-0.39, 0.29) is 23.0 Å². The number of nitrogens with zero attached hydrogens (tertiary/aromatic N) is 1. The molecule has 0 radical (unpaired) electrons. The van der Waals surface area contributed by atoms with Crippen LogP contribution < -0.4 is 0 Å². The fourth-order valence-electron chi connectivity index (χ4n) is 2.32. The van der Waals surface area contributed by atoms with E-state index in [0.29, 0.717) is 37.2 Å². The number of phenolic OH excluding ortho intramolecular Hbond substituents is 1. The molecule has 1 aromatic carbocycles. The lowest BCUT2D eigenvalue weighted by Crippen LogP contribution is -2.26. The summed E-state index contributed by atoms with van der Waals surface area (Å²) in [6.45, 7) is 3.09. The summed E-state index contributed by atoms with van der Waals surface area (Å²) in [6, 6.07) is 4.78. The zero-order chi connectivity index (χ0) is 14.8. The third-order valence-corrected chi connectivity index (χ3v) is 5.24. The zero-order valence-electron chi connectivity index (χ0n) is 11.5. The molecule has 0 aliphatic carbocycles. The van der Waals surface area contributed by atoms with E-state index >= 15 is 0 Å². The number of benzene rings is 1. The molecule has 0 bridgehead atoms. The van der Waals surface area contributed by atoms with Crippen molar-refractivity contribution in [3.63, 3.8) is 0 Å². The predicted octanol–water partition coefficient (Wildman–Crippen LogP) is 1.22. The van der Waals surface area contributed by atoms with Crippen molar-refractivity contribution in [2.45, 2.75) is 19.9 Å². The minimum absolute atomic E-state index is 0.0512. The SMILES string of the molecule is CC(=O)c1ccc(O)c(CN2CCCS(=O)(=O)CC2)c1. The molecular formula is C14H19NO4S. The fraction of sp³-hybridized carbons (Fsp3) is 0.500. The minimum Gasteiger partial charge on any atom is -0.508 e. The lowest BCUT2D eigenvalue weighted by molar-refractivity contribution is 0.101. The second kappa shape index (κ2) is 5.93. The van der Waals surface area contributed by atoms with Crippen LogP contribution in [0.2, 0.25) is 0 Å². The molecule has 0 saturated carbocycles. The summed E-state index contributed by atoms with van der Waals surface area (Å²) in [6.07, 6.45) is 0.607. The highest BCUT2D eigenvalue weighted by molar-refractivity contribution is 7.91. The van der Waals surface area contributed by atoms with Crippen LogP contribution in [0.1, 0.15) is 29.3 Å². The highest BCUT2D eigenvalue weighted by Crippen LogP contribution is 2.21. The Bertz CT molecular complexity index is 610. The number of aromatic hydroxyl groups is 1. The summed E-state index contributed by atoms with van der Waals surface area (Å²) < 4.78 is 23.1. The standard InChI is InChI=1S/C14H19NO4S/c1-11(16)12-3-4-14(17)13(9-12)10-15-5-2-7-20(18,19)8-6-15/h3-4,9,17H,2,5-8,10H2,1H3. The van der Waals surface area contributed by atoms with Crippen LogP contribution in [0.5, 0.6) is 5.75 Å². The van der Waals surface area contributed by atoms with Gasteiger partial charge in [-0.25, -0.2) is 8.42 Å². The topological polar surface area (TPSA) is 74.7 Å². The first-order valence-electron chi connectivity index (χ1n) is 6.63. The van der Waals surface area contributed by atoms with Crippen molar-refractivity contribution in [3.8, 4) is 5.75 Å². The summed E-state index contributed by atoms with van der Waals surface area (Å²) in [5.74, 6) is 0.468. The van der Waals surface area contributed by atoms with Crippen molar-refractivity contribution in [2.75, 3.05) is 24.6 Å². The molecule has 5 nitrogen and oxygen atoms in total. The van der Waals surface area contributed by atoms with E-state index in [1.54, 1.807) is 12.1 Å². The van der Waals surface area contributed by atoms with E-state index < -0.39 is 9.84 Å². The van der Waals surface area contributed by atoms with Gasteiger partial charge in [0.25, 0.3) is 0 Å². The van der Waals surface area contributed by atoms with Crippen LogP contribution in [0, 0.1) is 0 Å². The first-order valence-corrected chi connectivity index (χ1v) is 8.45. The Hall–Kier alpha value is -1.40. The predicted molar refractivity (Wildman–Crippen MR) is 76.7 cm³/mol. The molecule has 2 rings (SSSR count). The lowest BCUT2D eigenvalue weighted by Gasteiger charge is -2.20. The molecule has 0 spiro atoms. The van der Waals surface area contributed by atoms with Gasteiger partial charge in [-0.3, -0.25) is 9.69 Å². The van der Waals surface area contributed by atoms with E-state index in [4.69, 9.17) is 0 Å². The van der Waals surface area contributed by atoms with Crippen molar-refractivity contribution in [3.05, 3.63) is 29.3 Å². The van der Waals surface area contributed by atoms with Gasteiger partial charge in [-0.15, -0.1) is 0 Å². The number of ketones is 1. The molecule has 1 saturated heterocycles. The second-order valence-electron chi connectivity index (χ2n) is 5.18. The molecule has 0 amide bonds. The molecule has 20 heavy (non-hydrogen) atoms. The van der Waals surface area contributed by atoms with Crippen molar-refractivity contribution in [2.24, 2.45) is 0 Å². The third kappa shape index (κ3) is 3.80. The van der Waals surface area contributed by atoms with Crippen LogP contribution in [-0.4, -0.2) is 48.8 Å². The van der Waals surface area contributed by atoms with Crippen molar-refractivity contribution >= 4 is 15.6 Å². The van der Waals surface area contributed by atoms with Gasteiger partial charge in [0.2, 0.25) is 0 Å². The van der Waals surface area contributed by atoms with Gasteiger partial charge in [0.05, 0.1) is 11.5 Å². The zero-order valence-corrected chi connectivity index (χ0v) is 12.3. The van der Waals surface area contributed by atoms with Gasteiger partial charge in [-0.1, -0.05) is 0 Å². The largest absolute Gasteiger partial charge is 0.508 e. The highest BCUT2D eigenvalue weighted by Gasteiger charge is 2.20. The number of hydrogen-bond donors (Lipinski definition) is 1. The molecule has 0 aromatic heterocycles. The summed E-state index contributed by atoms with van der Waals surface area (Å²) in [5.41, 5.74) is 1.22. The molecule has 1 aliphatic rings. The van der Waals surface area contributed by atoms with Crippen LogP contribution in [0.4, 0.5) is 0 Å². The minimum atomic E-state index is -2.93. The third-order valence-electron chi connectivity index (χ3n) is 3.53. The smallest absolute Gasteiger partial charge is 0.159 e. The van der Waals surface area contributed by atoms with Crippen molar-refractivity contribution in [1.82, 2.24) is 4.90 Å². The number of hydrogen-bond acceptors (Lipinski definition) is 5. The number of carbonyl (C=O) groups excluding carboxylic acids is 1. The molecule has 1 N–H and O–H groups in total. The Labute approximate surface area is 119 Å². The molecule has 1 fully saturated rings. The summed E-state index contributed by atoms with van der Waals surface area (Å²) in [7, 11) is -2.93. The van der Waals surface area contributed by atoms with Crippen LogP contribution >= 0.6 is 0 Å². The van der Waals surface area contributed by atoms with Gasteiger partial charge in [0.15, 0.2) is 15.6 Å². The van der Waals surface area contributed by atoms with Gasteiger partial charge >= 0.3 is 0 Å². The van der Waals surface area contributed by atoms with E-state index in [1.165, 1.54) is 13.0 Å². The molecule has 1 aromatic rings. The Balaban J connectivity index is 2.13. The summed E-state index contributed by atoms with van der Waals surface area (Å²) in [4.78, 5) is 13.4. The van der Waals surface area contributed by atoms with Crippen molar-refractivity contribution in [1.29, 1.82) is 0 Å². The van der Waals surface area contributed by atoms with Gasteiger partial charge in [0.1, 0.15) is 5.75 Å². The Morgan fingerprint density at radius 1 is 1.30 bits per heavy atom. The average molecular weight is 297 g/mol. The summed E-state index contributed by atoms with van der Waals surface area (Å²) >= 11 is 0. The van der Waals surface area contributed by atoms with E-state index in [2.05, 4.69) is 0 Å². The first kappa shape index (κ1) is 15.0. The maximum Gasteiger partial charge on any atom is 0.159 e. The molecule has 1 aliphatic heterocycles. The van der Waals surface area contributed by atoms with E-state index in [1.807, 2.05) is 4.90 Å². The van der Waals surface area contributed by atoms with E-state index in [0.717, 1.165) is 0 Å². The molecule has 110 valence electrons. The normalized spacial score (nSPS) is 19.4. The molecule has 1 heterocycles. The maximum absolute atomic E-state index is 11.6. The van der Waals surface area contributed by atoms with Crippen LogP contribution in [0.15, 0.2) is 18.2 Å². The number of sulfone groups is 1. The first-order chi connectivity index (χ1) is 9.37. The van der Waals surface area contributed by atoms with Crippen LogP contribution in [-0.2, 0) is 16.4 Å². The van der Waals surface area contributed by atoms with Gasteiger partial charge in [0, 0.05) is 24.2 Å². The molecular weight excluding hydrogens is 278 g/mol. The van der Waals surface area contributed by atoms with Crippen molar-refractivity contribution < 1.29 is 18.3 Å². The van der Waals surface area contributed by atoms with Gasteiger partial charge < -0.3 is 5.11 Å². The fourth-order valence-corrected chi connectivity index (χ4v) is 3.63. The van der Waals surface area contributed by atoms with Crippen LogP contribution in [0.3, 0.4) is 0 Å².